The first-order chi connectivity index (χ1) is 8.81. The van der Waals surface area contributed by atoms with E-state index in [1.165, 1.54) is 62.7 Å². The molecule has 0 aromatic carbocycles. The van der Waals surface area contributed by atoms with Gasteiger partial charge in [-0.3, -0.25) is 0 Å². The first-order valence-corrected chi connectivity index (χ1v) is 7.69. The second kappa shape index (κ2) is 6.98. The quantitative estimate of drug-likeness (QED) is 0.653. The lowest BCUT2D eigenvalue weighted by Crippen LogP contribution is -2.15. The van der Waals surface area contributed by atoms with E-state index in [1.807, 2.05) is 0 Å². The summed E-state index contributed by atoms with van der Waals surface area (Å²) >= 11 is 0. The smallest absolute Gasteiger partial charge is 0.0225 e. The fourth-order valence-electron chi connectivity index (χ4n) is 2.45. The van der Waals surface area contributed by atoms with Gasteiger partial charge >= 0.3 is 0 Å². The van der Waals surface area contributed by atoms with Crippen LogP contribution in [0.3, 0.4) is 0 Å². The van der Waals surface area contributed by atoms with Crippen LogP contribution >= 0.6 is 0 Å². The minimum absolute atomic E-state index is 0.807. The molecule has 1 aromatic heterocycles. The fourth-order valence-corrected chi connectivity index (χ4v) is 2.45. The molecule has 0 radical (unpaired) electrons. The minimum atomic E-state index is 0.807. The summed E-state index contributed by atoms with van der Waals surface area (Å²) in [5.74, 6) is 0. The standard InChI is InChI=1S/C16H28N2/c1-3-4-5-6-7-11-18-12-10-15(14(18)2)13-17-16-8-9-16/h10,12,16-17H,3-9,11,13H2,1-2H3. The van der Waals surface area contributed by atoms with Crippen molar-refractivity contribution in [2.75, 3.05) is 0 Å². The maximum absolute atomic E-state index is 3.60. The van der Waals surface area contributed by atoms with E-state index in [9.17, 15) is 0 Å². The number of aryl methyl sites for hydroxylation is 1. The summed E-state index contributed by atoms with van der Waals surface area (Å²) in [5, 5.41) is 3.60. The highest BCUT2D eigenvalue weighted by Crippen LogP contribution is 2.20. The lowest BCUT2D eigenvalue weighted by Gasteiger charge is -2.08. The predicted octanol–water partition coefficient (Wildman–Crippen LogP) is 4.02. The molecule has 0 spiro atoms. The summed E-state index contributed by atoms with van der Waals surface area (Å²) in [6, 6.07) is 3.10. The van der Waals surface area contributed by atoms with Crippen LogP contribution in [0.15, 0.2) is 12.3 Å². The Morgan fingerprint density at radius 3 is 2.72 bits per heavy atom. The number of nitrogens with one attached hydrogen (secondary N) is 1. The van der Waals surface area contributed by atoms with Crippen LogP contribution in [0.4, 0.5) is 0 Å². The van der Waals surface area contributed by atoms with Gasteiger partial charge in [-0.15, -0.1) is 0 Å². The molecule has 2 heteroatoms. The van der Waals surface area contributed by atoms with Gasteiger partial charge in [0, 0.05) is 31.0 Å². The summed E-state index contributed by atoms with van der Waals surface area (Å²) in [6.45, 7) is 6.78. The van der Waals surface area contributed by atoms with Crippen LogP contribution in [0.2, 0.25) is 0 Å². The molecule has 2 nitrogen and oxygen atoms in total. The van der Waals surface area contributed by atoms with Crippen molar-refractivity contribution in [3.05, 3.63) is 23.5 Å². The average molecular weight is 248 g/mol. The molecule has 1 aromatic rings. The normalized spacial score (nSPS) is 15.2. The highest BCUT2D eigenvalue weighted by atomic mass is 15.0. The molecule has 1 aliphatic carbocycles. The van der Waals surface area contributed by atoms with Crippen molar-refractivity contribution in [3.63, 3.8) is 0 Å². The van der Waals surface area contributed by atoms with Crippen LogP contribution < -0.4 is 5.32 Å². The molecular weight excluding hydrogens is 220 g/mol. The van der Waals surface area contributed by atoms with E-state index in [0.29, 0.717) is 0 Å². The minimum Gasteiger partial charge on any atom is -0.351 e. The van der Waals surface area contributed by atoms with E-state index in [2.05, 4.69) is 36.0 Å². The number of nitrogens with zero attached hydrogens (tertiary/aromatic N) is 1. The molecule has 2 rings (SSSR count). The van der Waals surface area contributed by atoms with Gasteiger partial charge in [-0.25, -0.2) is 0 Å². The molecule has 0 bridgehead atoms. The van der Waals surface area contributed by atoms with Gasteiger partial charge in [-0.05, 0) is 37.8 Å². The number of hydrogen-bond donors (Lipinski definition) is 1. The van der Waals surface area contributed by atoms with Crippen LogP contribution in [-0.2, 0) is 13.1 Å². The van der Waals surface area contributed by atoms with E-state index in [-0.39, 0.29) is 0 Å². The second-order valence-electron chi connectivity index (χ2n) is 5.69. The summed E-state index contributed by atoms with van der Waals surface area (Å²) in [7, 11) is 0. The number of unbranched alkanes of at least 4 members (excludes halogenated alkanes) is 4. The first kappa shape index (κ1) is 13.7. The average Bonchev–Trinajstić information content (AvgIpc) is 3.13. The van der Waals surface area contributed by atoms with Gasteiger partial charge in [0.15, 0.2) is 0 Å². The van der Waals surface area contributed by atoms with Crippen LogP contribution in [0.1, 0.15) is 63.1 Å². The number of hydrogen-bond acceptors (Lipinski definition) is 1. The molecule has 0 unspecified atom stereocenters. The first-order valence-electron chi connectivity index (χ1n) is 7.69. The van der Waals surface area contributed by atoms with Crippen molar-refractivity contribution in [2.45, 2.75) is 77.9 Å². The number of rotatable bonds is 9. The maximum Gasteiger partial charge on any atom is 0.0225 e. The summed E-state index contributed by atoms with van der Waals surface area (Å²) < 4.78 is 2.43. The van der Waals surface area contributed by atoms with Crippen molar-refractivity contribution in [1.29, 1.82) is 0 Å². The van der Waals surface area contributed by atoms with Crippen molar-refractivity contribution in [2.24, 2.45) is 0 Å². The van der Waals surface area contributed by atoms with Gasteiger partial charge in [0.1, 0.15) is 0 Å². The largest absolute Gasteiger partial charge is 0.351 e. The van der Waals surface area contributed by atoms with Crippen LogP contribution in [0.5, 0.6) is 0 Å². The van der Waals surface area contributed by atoms with E-state index >= 15 is 0 Å². The third-order valence-corrected chi connectivity index (χ3v) is 4.01. The Morgan fingerprint density at radius 1 is 1.22 bits per heavy atom. The Kier molecular flexibility index (Phi) is 5.30. The molecule has 0 amide bonds. The zero-order chi connectivity index (χ0) is 12.8. The molecule has 1 aliphatic rings. The van der Waals surface area contributed by atoms with Crippen molar-refractivity contribution >= 4 is 0 Å². The SMILES string of the molecule is CCCCCCCn1ccc(CNC2CC2)c1C. The molecule has 1 N–H and O–H groups in total. The van der Waals surface area contributed by atoms with E-state index in [4.69, 9.17) is 0 Å². The lowest BCUT2D eigenvalue weighted by molar-refractivity contribution is 0.561. The monoisotopic (exact) mass is 248 g/mol. The van der Waals surface area contributed by atoms with E-state index in [0.717, 1.165) is 12.6 Å². The van der Waals surface area contributed by atoms with Gasteiger partial charge in [0.2, 0.25) is 0 Å². The molecule has 102 valence electrons. The Balaban J connectivity index is 1.70. The molecule has 1 heterocycles. The van der Waals surface area contributed by atoms with E-state index < -0.39 is 0 Å². The molecule has 1 saturated carbocycles. The molecule has 1 fully saturated rings. The highest BCUT2D eigenvalue weighted by Gasteiger charge is 2.20. The van der Waals surface area contributed by atoms with Gasteiger partial charge in [-0.2, -0.15) is 0 Å². The molecule has 0 aliphatic heterocycles. The molecule has 18 heavy (non-hydrogen) atoms. The predicted molar refractivity (Wildman–Crippen MR) is 77.8 cm³/mol. The molecule has 0 atom stereocenters. The highest BCUT2D eigenvalue weighted by molar-refractivity contribution is 5.21. The maximum atomic E-state index is 3.60. The topological polar surface area (TPSA) is 17.0 Å². The van der Waals surface area contributed by atoms with Gasteiger partial charge in [0.05, 0.1) is 0 Å². The van der Waals surface area contributed by atoms with Gasteiger partial charge in [0.25, 0.3) is 0 Å². The number of aromatic nitrogens is 1. The lowest BCUT2D eigenvalue weighted by atomic mass is 10.1. The Labute approximate surface area is 112 Å². The van der Waals surface area contributed by atoms with Crippen LogP contribution in [0.25, 0.3) is 0 Å². The molecule has 0 saturated heterocycles. The Bertz CT molecular complexity index is 350. The summed E-state index contributed by atoms with van der Waals surface area (Å²) in [5.41, 5.74) is 2.94. The van der Waals surface area contributed by atoms with E-state index in [1.54, 1.807) is 0 Å². The molecular formula is C16H28N2. The Hall–Kier alpha value is -0.760. The van der Waals surface area contributed by atoms with Gasteiger partial charge in [-0.1, -0.05) is 32.6 Å². The summed E-state index contributed by atoms with van der Waals surface area (Å²) in [6.07, 6.45) is 11.8. The van der Waals surface area contributed by atoms with Gasteiger partial charge < -0.3 is 9.88 Å². The zero-order valence-electron chi connectivity index (χ0n) is 12.0. The van der Waals surface area contributed by atoms with Crippen molar-refractivity contribution in [1.82, 2.24) is 9.88 Å². The third kappa shape index (κ3) is 4.16. The summed E-state index contributed by atoms with van der Waals surface area (Å²) in [4.78, 5) is 0. The van der Waals surface area contributed by atoms with Crippen LogP contribution in [0, 0.1) is 6.92 Å². The second-order valence-corrected chi connectivity index (χ2v) is 5.69. The third-order valence-electron chi connectivity index (χ3n) is 4.01. The zero-order valence-corrected chi connectivity index (χ0v) is 12.0. The fraction of sp³-hybridized carbons (Fsp3) is 0.750. The van der Waals surface area contributed by atoms with Crippen LogP contribution in [-0.4, -0.2) is 10.6 Å². The Morgan fingerprint density at radius 2 is 2.00 bits per heavy atom. The van der Waals surface area contributed by atoms with Crippen molar-refractivity contribution < 1.29 is 0 Å². The van der Waals surface area contributed by atoms with Crippen molar-refractivity contribution in [3.8, 4) is 0 Å².